The van der Waals surface area contributed by atoms with Gasteiger partial charge in [-0.3, -0.25) is 9.69 Å². The van der Waals surface area contributed by atoms with E-state index in [-0.39, 0.29) is 5.43 Å². The molecule has 0 unspecified atom stereocenters. The summed E-state index contributed by atoms with van der Waals surface area (Å²) in [4.78, 5) is 18.7. The van der Waals surface area contributed by atoms with Gasteiger partial charge in [-0.25, -0.2) is 0 Å². The Balaban J connectivity index is 1.27. The Morgan fingerprint density at radius 3 is 2.60 bits per heavy atom. The number of halogens is 1. The van der Waals surface area contributed by atoms with E-state index in [9.17, 15) is 4.79 Å². The topological polar surface area (TPSA) is 54.6 Å². The molecule has 6 heteroatoms. The zero-order valence-electron chi connectivity index (χ0n) is 19.9. The number of H-pyrrole nitrogens is 1. The molecule has 1 aliphatic heterocycles. The van der Waals surface area contributed by atoms with Gasteiger partial charge in [0, 0.05) is 41.1 Å². The molecule has 1 N–H and O–H groups in total. The van der Waals surface area contributed by atoms with E-state index in [2.05, 4.69) is 46.3 Å². The second kappa shape index (κ2) is 10.6. The van der Waals surface area contributed by atoms with Crippen molar-refractivity contribution in [2.75, 3.05) is 39.5 Å². The first-order chi connectivity index (χ1) is 17.1. The molecular weight excluding hydrogens is 460 g/mol. The molecular formula is C29H29ClN2O3. The van der Waals surface area contributed by atoms with Crippen molar-refractivity contribution < 1.29 is 9.47 Å². The van der Waals surface area contributed by atoms with Crippen molar-refractivity contribution >= 4 is 22.5 Å². The lowest BCUT2D eigenvalue weighted by Gasteiger charge is -2.26. The number of rotatable bonds is 7. The second-order valence-corrected chi connectivity index (χ2v) is 9.40. The maximum absolute atomic E-state index is 12.9. The molecule has 1 fully saturated rings. The summed E-state index contributed by atoms with van der Waals surface area (Å²) in [6, 6.07) is 22.0. The Morgan fingerprint density at radius 1 is 1.00 bits per heavy atom. The Labute approximate surface area is 210 Å². The van der Waals surface area contributed by atoms with E-state index in [0.717, 1.165) is 61.8 Å². The zero-order chi connectivity index (χ0) is 24.2. The van der Waals surface area contributed by atoms with Gasteiger partial charge in [0.2, 0.25) is 0 Å². The van der Waals surface area contributed by atoms with Crippen LogP contribution in [0.15, 0.2) is 71.5 Å². The maximum atomic E-state index is 12.9. The first kappa shape index (κ1) is 23.6. The number of fused-ring (bicyclic) bond motifs is 1. The predicted octanol–water partition coefficient (Wildman–Crippen LogP) is 5.46. The third-order valence-corrected chi connectivity index (χ3v) is 6.77. The first-order valence-corrected chi connectivity index (χ1v) is 12.4. The van der Waals surface area contributed by atoms with Crippen LogP contribution in [0.1, 0.15) is 16.7 Å². The molecule has 180 valence electrons. The lowest BCUT2D eigenvalue weighted by molar-refractivity contribution is 0.0322. The van der Waals surface area contributed by atoms with Gasteiger partial charge in [0.25, 0.3) is 0 Å². The van der Waals surface area contributed by atoms with Crippen molar-refractivity contribution in [3.8, 4) is 17.0 Å². The predicted molar refractivity (Wildman–Crippen MR) is 142 cm³/mol. The van der Waals surface area contributed by atoms with Gasteiger partial charge in [-0.2, -0.15) is 0 Å². The summed E-state index contributed by atoms with van der Waals surface area (Å²) in [7, 11) is 0. The van der Waals surface area contributed by atoms with Gasteiger partial charge in [-0.1, -0.05) is 48.0 Å². The number of ether oxygens (including phenoxy) is 2. The normalized spacial score (nSPS) is 14.3. The molecule has 1 aliphatic rings. The van der Waals surface area contributed by atoms with Crippen molar-refractivity contribution in [1.29, 1.82) is 0 Å². The van der Waals surface area contributed by atoms with Gasteiger partial charge in [0.1, 0.15) is 12.4 Å². The Kier molecular flexibility index (Phi) is 7.19. The summed E-state index contributed by atoms with van der Waals surface area (Å²) in [5.74, 6) is 0.900. The fourth-order valence-electron chi connectivity index (χ4n) is 4.53. The molecule has 0 saturated carbocycles. The molecule has 0 atom stereocenters. The quantitative estimate of drug-likeness (QED) is 0.375. The van der Waals surface area contributed by atoms with Crippen LogP contribution in [0.3, 0.4) is 0 Å². The van der Waals surface area contributed by atoms with Crippen LogP contribution in [0.2, 0.25) is 5.02 Å². The van der Waals surface area contributed by atoms with E-state index in [4.69, 9.17) is 21.1 Å². The van der Waals surface area contributed by atoms with Crippen molar-refractivity contribution in [1.82, 2.24) is 9.88 Å². The minimum Gasteiger partial charge on any atom is -0.492 e. The number of aromatic nitrogens is 1. The number of aromatic amines is 1. The van der Waals surface area contributed by atoms with E-state index in [1.807, 2.05) is 25.1 Å². The molecule has 0 spiro atoms. The molecule has 1 saturated heterocycles. The minimum atomic E-state index is 0.00533. The third-order valence-electron chi connectivity index (χ3n) is 6.53. The molecule has 0 amide bonds. The smallest absolute Gasteiger partial charge is 0.192 e. The summed E-state index contributed by atoms with van der Waals surface area (Å²) in [6.07, 6.45) is 0.812. The second-order valence-electron chi connectivity index (χ2n) is 8.97. The van der Waals surface area contributed by atoms with Crippen molar-refractivity contribution in [2.24, 2.45) is 0 Å². The minimum absolute atomic E-state index is 0.00533. The maximum Gasteiger partial charge on any atom is 0.192 e. The highest BCUT2D eigenvalue weighted by atomic mass is 35.5. The van der Waals surface area contributed by atoms with Gasteiger partial charge in [-0.05, 0) is 60.4 Å². The number of benzene rings is 3. The standard InChI is InChI=1S/C29H29ClN2O3/c1-20-28(31-27-10-9-24(30)19-26(27)29(20)33)23-7-5-21(6-8-23)17-22-3-2-4-25(18-22)35-16-13-32-11-14-34-15-12-32/h2-10,18-19H,11-17H2,1H3,(H,31,33). The number of hydrogen-bond acceptors (Lipinski definition) is 4. The van der Waals surface area contributed by atoms with E-state index >= 15 is 0 Å². The Hall–Kier alpha value is -3.12. The van der Waals surface area contributed by atoms with Gasteiger partial charge < -0.3 is 14.5 Å². The van der Waals surface area contributed by atoms with Crippen LogP contribution in [0.5, 0.6) is 5.75 Å². The average molecular weight is 489 g/mol. The molecule has 5 nitrogen and oxygen atoms in total. The summed E-state index contributed by atoms with van der Waals surface area (Å²) in [5.41, 5.74) is 5.71. The van der Waals surface area contributed by atoms with Crippen LogP contribution >= 0.6 is 11.6 Å². The van der Waals surface area contributed by atoms with Gasteiger partial charge in [0.05, 0.1) is 18.9 Å². The fraction of sp³-hybridized carbons (Fsp3) is 0.276. The van der Waals surface area contributed by atoms with Crippen LogP contribution in [-0.2, 0) is 11.2 Å². The molecule has 3 aromatic carbocycles. The summed E-state index contributed by atoms with van der Waals surface area (Å²) in [6.45, 7) is 7.00. The van der Waals surface area contributed by atoms with Crippen molar-refractivity contribution in [2.45, 2.75) is 13.3 Å². The molecule has 0 aliphatic carbocycles. The van der Waals surface area contributed by atoms with E-state index in [1.54, 1.807) is 12.1 Å². The van der Waals surface area contributed by atoms with Crippen LogP contribution in [0, 0.1) is 6.92 Å². The number of nitrogens with one attached hydrogen (secondary N) is 1. The highest BCUT2D eigenvalue weighted by Gasteiger charge is 2.12. The molecule has 2 heterocycles. The highest BCUT2D eigenvalue weighted by Crippen LogP contribution is 2.25. The van der Waals surface area contributed by atoms with Crippen LogP contribution in [-0.4, -0.2) is 49.3 Å². The number of pyridine rings is 1. The highest BCUT2D eigenvalue weighted by molar-refractivity contribution is 6.31. The zero-order valence-corrected chi connectivity index (χ0v) is 20.6. The molecule has 0 radical (unpaired) electrons. The molecule has 0 bridgehead atoms. The van der Waals surface area contributed by atoms with Gasteiger partial charge in [0.15, 0.2) is 5.43 Å². The van der Waals surface area contributed by atoms with Crippen LogP contribution in [0.25, 0.3) is 22.2 Å². The van der Waals surface area contributed by atoms with E-state index in [0.29, 0.717) is 22.6 Å². The molecule has 5 rings (SSSR count). The summed E-state index contributed by atoms with van der Waals surface area (Å²) in [5, 5.41) is 1.17. The van der Waals surface area contributed by atoms with E-state index in [1.165, 1.54) is 11.1 Å². The molecule has 1 aromatic heterocycles. The Morgan fingerprint density at radius 2 is 1.80 bits per heavy atom. The van der Waals surface area contributed by atoms with Crippen molar-refractivity contribution in [3.05, 3.63) is 98.7 Å². The monoisotopic (exact) mass is 488 g/mol. The largest absolute Gasteiger partial charge is 0.492 e. The van der Waals surface area contributed by atoms with E-state index < -0.39 is 0 Å². The van der Waals surface area contributed by atoms with Crippen LogP contribution < -0.4 is 10.2 Å². The summed E-state index contributed by atoms with van der Waals surface area (Å²) >= 11 is 6.08. The number of hydrogen-bond donors (Lipinski definition) is 1. The Bertz CT molecular complexity index is 1380. The van der Waals surface area contributed by atoms with Crippen LogP contribution in [0.4, 0.5) is 0 Å². The number of nitrogens with zero attached hydrogens (tertiary/aromatic N) is 1. The molecule has 35 heavy (non-hydrogen) atoms. The van der Waals surface area contributed by atoms with Crippen molar-refractivity contribution in [3.63, 3.8) is 0 Å². The number of morpholine rings is 1. The SMILES string of the molecule is Cc1c(-c2ccc(Cc3cccc(OCCN4CCOCC4)c3)cc2)[nH]c2ccc(Cl)cc2c1=O. The fourth-order valence-corrected chi connectivity index (χ4v) is 4.71. The lowest BCUT2D eigenvalue weighted by atomic mass is 10.00. The average Bonchev–Trinajstić information content (AvgIpc) is 2.88. The lowest BCUT2D eigenvalue weighted by Crippen LogP contribution is -2.38. The summed E-state index contributed by atoms with van der Waals surface area (Å²) < 4.78 is 11.4. The van der Waals surface area contributed by atoms with Gasteiger partial charge in [-0.15, -0.1) is 0 Å². The third kappa shape index (κ3) is 5.59. The van der Waals surface area contributed by atoms with Gasteiger partial charge >= 0.3 is 0 Å². The first-order valence-electron chi connectivity index (χ1n) is 12.0. The molecule has 4 aromatic rings.